The molecule has 1 N–H and O–H groups in total. The lowest BCUT2D eigenvalue weighted by atomic mass is 10.0. The Balaban J connectivity index is 1.98. The van der Waals surface area contributed by atoms with Crippen molar-refractivity contribution in [1.82, 2.24) is 9.78 Å². The summed E-state index contributed by atoms with van der Waals surface area (Å²) < 4.78 is 6.96. The molecule has 25 heavy (non-hydrogen) atoms. The van der Waals surface area contributed by atoms with Crippen LogP contribution in [0, 0.1) is 0 Å². The van der Waals surface area contributed by atoms with E-state index >= 15 is 0 Å². The molecule has 0 aliphatic rings. The van der Waals surface area contributed by atoms with Crippen molar-refractivity contribution in [3.05, 3.63) is 47.7 Å². The van der Waals surface area contributed by atoms with E-state index in [4.69, 9.17) is 4.74 Å². The first-order valence-electron chi connectivity index (χ1n) is 8.45. The first-order valence-corrected chi connectivity index (χ1v) is 8.45. The zero-order valence-corrected chi connectivity index (χ0v) is 15.3. The Kier molecular flexibility index (Phi) is 5.96. The van der Waals surface area contributed by atoms with E-state index in [-0.39, 0.29) is 6.04 Å². The van der Waals surface area contributed by atoms with Crippen molar-refractivity contribution >= 4 is 17.7 Å². The molecule has 0 aliphatic carbocycles. The number of nitrogens with one attached hydrogen (secondary N) is 1. The monoisotopic (exact) mass is 343 g/mol. The highest BCUT2D eigenvalue weighted by molar-refractivity contribution is 5.96. The number of ether oxygens (including phenoxy) is 1. The molecule has 1 amide bonds. The van der Waals surface area contributed by atoms with Crippen molar-refractivity contribution in [2.45, 2.75) is 52.7 Å². The Bertz CT molecular complexity index is 733. The third-order valence-corrected chi connectivity index (χ3v) is 3.88. The Morgan fingerprint density at radius 1 is 1.04 bits per heavy atom. The van der Waals surface area contributed by atoms with Crippen LogP contribution in [0.2, 0.25) is 0 Å². The Labute approximate surface area is 148 Å². The van der Waals surface area contributed by atoms with E-state index in [9.17, 15) is 9.59 Å². The van der Waals surface area contributed by atoms with E-state index in [1.54, 1.807) is 36.0 Å². The van der Waals surface area contributed by atoms with Gasteiger partial charge in [-0.15, -0.1) is 0 Å². The second-order valence-corrected chi connectivity index (χ2v) is 6.57. The van der Waals surface area contributed by atoms with Gasteiger partial charge in [0.2, 0.25) is 0 Å². The highest BCUT2D eigenvalue weighted by atomic mass is 16.5. The number of rotatable bonds is 6. The molecule has 134 valence electrons. The van der Waals surface area contributed by atoms with Gasteiger partial charge >= 0.3 is 5.97 Å². The topological polar surface area (TPSA) is 73.2 Å². The van der Waals surface area contributed by atoms with Gasteiger partial charge in [0.1, 0.15) is 5.82 Å². The number of nitrogens with zero attached hydrogens (tertiary/aromatic N) is 2. The minimum absolute atomic E-state index is 0.114. The normalized spacial score (nSPS) is 12.3. The number of carbonyl (C=O) groups excluding carboxylic acids is 2. The fraction of sp³-hybridized carbons (Fsp3) is 0.421. The van der Waals surface area contributed by atoms with Crippen LogP contribution in [-0.2, 0) is 9.53 Å². The smallest absolute Gasteiger partial charge is 0.338 e. The second kappa shape index (κ2) is 7.96. The molecule has 0 radical (unpaired) electrons. The summed E-state index contributed by atoms with van der Waals surface area (Å²) >= 11 is 0. The van der Waals surface area contributed by atoms with Crippen LogP contribution in [-0.4, -0.2) is 27.8 Å². The number of carbonyl (C=O) groups is 2. The maximum atomic E-state index is 12.3. The fourth-order valence-corrected chi connectivity index (χ4v) is 2.34. The van der Waals surface area contributed by atoms with Crippen molar-refractivity contribution in [3.63, 3.8) is 0 Å². The van der Waals surface area contributed by atoms with Gasteiger partial charge in [-0.05, 0) is 44.4 Å². The summed E-state index contributed by atoms with van der Waals surface area (Å²) in [7, 11) is 0. The minimum Gasteiger partial charge on any atom is -0.449 e. The number of amides is 1. The number of aromatic nitrogens is 2. The number of anilines is 1. The lowest BCUT2D eigenvalue weighted by Gasteiger charge is -2.16. The van der Waals surface area contributed by atoms with E-state index in [1.165, 1.54) is 0 Å². The molecule has 6 heteroatoms. The third-order valence-electron chi connectivity index (χ3n) is 3.88. The molecule has 1 aromatic heterocycles. The maximum Gasteiger partial charge on any atom is 0.338 e. The van der Waals surface area contributed by atoms with Gasteiger partial charge < -0.3 is 10.1 Å². The van der Waals surface area contributed by atoms with E-state index in [1.807, 2.05) is 26.0 Å². The van der Waals surface area contributed by atoms with E-state index in [2.05, 4.69) is 24.3 Å². The SMILES string of the molecule is CC(C)c1ccc(C(=O)O[C@@H](C)C(=O)Nc2ccnn2C(C)C)cc1. The van der Waals surface area contributed by atoms with Crippen molar-refractivity contribution in [2.75, 3.05) is 5.32 Å². The molecule has 1 aromatic carbocycles. The average molecular weight is 343 g/mol. The van der Waals surface area contributed by atoms with Crippen molar-refractivity contribution in [3.8, 4) is 0 Å². The molecule has 0 saturated heterocycles. The Hall–Kier alpha value is -2.63. The molecule has 2 aromatic rings. The van der Waals surface area contributed by atoms with Gasteiger partial charge in [-0.3, -0.25) is 4.79 Å². The molecular formula is C19H25N3O3. The molecule has 0 unspecified atom stereocenters. The van der Waals surface area contributed by atoms with Gasteiger partial charge in [-0.2, -0.15) is 5.10 Å². The largest absolute Gasteiger partial charge is 0.449 e. The van der Waals surface area contributed by atoms with Crippen molar-refractivity contribution < 1.29 is 14.3 Å². The molecule has 0 saturated carbocycles. The number of esters is 1. The van der Waals surface area contributed by atoms with E-state index < -0.39 is 18.0 Å². The van der Waals surface area contributed by atoms with E-state index in [0.29, 0.717) is 17.3 Å². The van der Waals surface area contributed by atoms with Crippen LogP contribution in [0.3, 0.4) is 0 Å². The van der Waals surface area contributed by atoms with Crippen LogP contribution in [0.5, 0.6) is 0 Å². The van der Waals surface area contributed by atoms with Gasteiger partial charge in [0.05, 0.1) is 11.8 Å². The standard InChI is InChI=1S/C19H25N3O3/c1-12(2)15-6-8-16(9-7-15)19(24)25-14(5)18(23)21-17-10-11-20-22(17)13(3)4/h6-14H,1-5H3,(H,21,23)/t14-/m0/s1. The molecule has 2 rings (SSSR count). The van der Waals surface area contributed by atoms with Crippen LogP contribution >= 0.6 is 0 Å². The molecule has 6 nitrogen and oxygen atoms in total. The lowest BCUT2D eigenvalue weighted by molar-refractivity contribution is -0.123. The molecule has 1 heterocycles. The maximum absolute atomic E-state index is 12.3. The summed E-state index contributed by atoms with van der Waals surface area (Å²) in [6, 6.07) is 9.05. The zero-order chi connectivity index (χ0) is 18.6. The number of hydrogen-bond donors (Lipinski definition) is 1. The Morgan fingerprint density at radius 2 is 1.68 bits per heavy atom. The van der Waals surface area contributed by atoms with Crippen LogP contribution in [0.1, 0.15) is 62.5 Å². The number of hydrogen-bond acceptors (Lipinski definition) is 4. The lowest BCUT2D eigenvalue weighted by Crippen LogP contribution is -2.31. The summed E-state index contributed by atoms with van der Waals surface area (Å²) in [5.41, 5.74) is 1.57. The predicted octanol–water partition coefficient (Wildman–Crippen LogP) is 3.77. The Morgan fingerprint density at radius 3 is 2.24 bits per heavy atom. The van der Waals surface area contributed by atoms with Gasteiger partial charge in [-0.1, -0.05) is 26.0 Å². The first kappa shape index (κ1) is 18.7. The van der Waals surface area contributed by atoms with Crippen LogP contribution in [0.25, 0.3) is 0 Å². The molecular weight excluding hydrogens is 318 g/mol. The summed E-state index contributed by atoms with van der Waals surface area (Å²) in [6.07, 6.45) is 0.704. The minimum atomic E-state index is -0.909. The van der Waals surface area contributed by atoms with Crippen LogP contribution in [0.15, 0.2) is 36.5 Å². The quantitative estimate of drug-likeness (QED) is 0.810. The van der Waals surface area contributed by atoms with Crippen molar-refractivity contribution in [1.29, 1.82) is 0 Å². The first-order chi connectivity index (χ1) is 11.8. The molecule has 0 aliphatic heterocycles. The molecule has 1 atom stereocenters. The highest BCUT2D eigenvalue weighted by Crippen LogP contribution is 2.16. The predicted molar refractivity (Wildman–Crippen MR) is 96.7 cm³/mol. The average Bonchev–Trinajstić information content (AvgIpc) is 3.03. The summed E-state index contributed by atoms with van der Waals surface area (Å²) in [4.78, 5) is 24.5. The van der Waals surface area contributed by atoms with Gasteiger partial charge in [-0.25, -0.2) is 9.48 Å². The highest BCUT2D eigenvalue weighted by Gasteiger charge is 2.20. The summed E-state index contributed by atoms with van der Waals surface area (Å²) in [5, 5.41) is 6.89. The summed E-state index contributed by atoms with van der Waals surface area (Å²) in [5.74, 6) is 0.0506. The number of benzene rings is 1. The van der Waals surface area contributed by atoms with Crippen LogP contribution < -0.4 is 5.32 Å². The van der Waals surface area contributed by atoms with Gasteiger partial charge in [0, 0.05) is 12.1 Å². The molecule has 0 spiro atoms. The van der Waals surface area contributed by atoms with Crippen molar-refractivity contribution in [2.24, 2.45) is 0 Å². The van der Waals surface area contributed by atoms with E-state index in [0.717, 1.165) is 5.56 Å². The molecule has 0 fully saturated rings. The summed E-state index contributed by atoms with van der Waals surface area (Å²) in [6.45, 7) is 9.65. The van der Waals surface area contributed by atoms with Crippen LogP contribution in [0.4, 0.5) is 5.82 Å². The molecule has 0 bridgehead atoms. The van der Waals surface area contributed by atoms with Gasteiger partial charge in [0.15, 0.2) is 6.10 Å². The third kappa shape index (κ3) is 4.68. The van der Waals surface area contributed by atoms with Gasteiger partial charge in [0.25, 0.3) is 5.91 Å². The zero-order valence-electron chi connectivity index (χ0n) is 15.3. The second-order valence-electron chi connectivity index (χ2n) is 6.57. The fourth-order valence-electron chi connectivity index (χ4n) is 2.34.